The first kappa shape index (κ1) is 15.2. The van der Waals surface area contributed by atoms with Crippen LogP contribution in [0, 0.1) is 6.92 Å². The van der Waals surface area contributed by atoms with Gasteiger partial charge in [-0.05, 0) is 44.0 Å². The van der Waals surface area contributed by atoms with E-state index in [1.165, 1.54) is 47.1 Å². The normalized spacial score (nSPS) is 21.4. The van der Waals surface area contributed by atoms with Crippen molar-refractivity contribution in [3.05, 3.63) is 53.2 Å². The zero-order valence-corrected chi connectivity index (χ0v) is 14.6. The SMILES string of the molecule is Cc1ccc2c(c1)c1c(n2CC(O)c2cnc[nH]2)CCN2CCCC12. The number of aliphatic hydroxyl groups excluding tert-OH is 1. The third-order valence-corrected chi connectivity index (χ3v) is 5.94. The molecule has 2 aliphatic rings. The molecular weight excluding hydrogens is 312 g/mol. The summed E-state index contributed by atoms with van der Waals surface area (Å²) < 4.78 is 2.35. The van der Waals surface area contributed by atoms with Gasteiger partial charge in [0.15, 0.2) is 0 Å². The van der Waals surface area contributed by atoms with E-state index in [-0.39, 0.29) is 0 Å². The minimum atomic E-state index is -0.565. The van der Waals surface area contributed by atoms with Crippen molar-refractivity contribution in [3.8, 4) is 0 Å². The van der Waals surface area contributed by atoms with E-state index in [0.29, 0.717) is 12.6 Å². The molecule has 5 rings (SSSR count). The van der Waals surface area contributed by atoms with Crippen molar-refractivity contribution >= 4 is 10.9 Å². The standard InChI is InChI=1S/C20H24N4O/c1-13-4-5-16-14(9-13)20-17-3-2-7-23(17)8-6-18(20)24(16)11-19(25)15-10-21-12-22-15/h4-5,9-10,12,17,19,25H,2-3,6-8,11H2,1H3,(H,21,22). The molecule has 2 unspecified atom stereocenters. The van der Waals surface area contributed by atoms with Crippen LogP contribution in [0.2, 0.25) is 0 Å². The first-order valence-electron chi connectivity index (χ1n) is 9.24. The minimum Gasteiger partial charge on any atom is -0.385 e. The van der Waals surface area contributed by atoms with E-state index in [1.54, 1.807) is 12.5 Å². The molecule has 0 spiro atoms. The van der Waals surface area contributed by atoms with Gasteiger partial charge in [0.2, 0.25) is 0 Å². The second-order valence-electron chi connectivity index (χ2n) is 7.46. The Morgan fingerprint density at radius 1 is 1.36 bits per heavy atom. The molecule has 0 amide bonds. The predicted molar refractivity (Wildman–Crippen MR) is 97.5 cm³/mol. The van der Waals surface area contributed by atoms with Crippen molar-refractivity contribution < 1.29 is 5.11 Å². The molecule has 0 bridgehead atoms. The van der Waals surface area contributed by atoms with Crippen LogP contribution in [-0.4, -0.2) is 37.6 Å². The number of aryl methyl sites for hydroxylation is 1. The Hall–Kier alpha value is -2.11. The van der Waals surface area contributed by atoms with Gasteiger partial charge in [-0.3, -0.25) is 4.90 Å². The van der Waals surface area contributed by atoms with E-state index in [0.717, 1.165) is 18.7 Å². The monoisotopic (exact) mass is 336 g/mol. The van der Waals surface area contributed by atoms with Crippen LogP contribution in [0.4, 0.5) is 0 Å². The molecule has 0 saturated carbocycles. The maximum absolute atomic E-state index is 10.7. The van der Waals surface area contributed by atoms with Crippen molar-refractivity contribution in [1.29, 1.82) is 0 Å². The summed E-state index contributed by atoms with van der Waals surface area (Å²) >= 11 is 0. The number of aromatic amines is 1. The highest BCUT2D eigenvalue weighted by molar-refractivity contribution is 5.87. The summed E-state index contributed by atoms with van der Waals surface area (Å²) in [5, 5.41) is 12.1. The number of hydrogen-bond acceptors (Lipinski definition) is 3. The molecule has 5 heteroatoms. The molecule has 4 heterocycles. The molecule has 0 aliphatic carbocycles. The van der Waals surface area contributed by atoms with Crippen molar-refractivity contribution in [3.63, 3.8) is 0 Å². The summed E-state index contributed by atoms with van der Waals surface area (Å²) in [4.78, 5) is 9.73. The number of imidazole rings is 1. The van der Waals surface area contributed by atoms with Gasteiger partial charge in [0, 0.05) is 35.6 Å². The van der Waals surface area contributed by atoms with Crippen LogP contribution in [0.15, 0.2) is 30.7 Å². The fourth-order valence-electron chi connectivity index (χ4n) is 4.79. The molecule has 2 atom stereocenters. The van der Waals surface area contributed by atoms with E-state index >= 15 is 0 Å². The van der Waals surface area contributed by atoms with E-state index < -0.39 is 6.10 Å². The highest BCUT2D eigenvalue weighted by atomic mass is 16.3. The number of nitrogens with one attached hydrogen (secondary N) is 1. The lowest BCUT2D eigenvalue weighted by atomic mass is 9.95. The molecule has 5 nitrogen and oxygen atoms in total. The number of aliphatic hydroxyl groups is 1. The van der Waals surface area contributed by atoms with Crippen LogP contribution in [0.25, 0.3) is 10.9 Å². The van der Waals surface area contributed by atoms with Crippen molar-refractivity contribution in [2.75, 3.05) is 13.1 Å². The van der Waals surface area contributed by atoms with Gasteiger partial charge in [-0.1, -0.05) is 11.6 Å². The Morgan fingerprint density at radius 3 is 3.12 bits per heavy atom. The number of H-pyrrole nitrogens is 1. The number of hydrogen-bond donors (Lipinski definition) is 2. The van der Waals surface area contributed by atoms with Crippen LogP contribution in [0.3, 0.4) is 0 Å². The van der Waals surface area contributed by atoms with Crippen LogP contribution in [0.5, 0.6) is 0 Å². The smallest absolute Gasteiger partial charge is 0.113 e. The Bertz CT molecular complexity index is 912. The second kappa shape index (κ2) is 5.71. The molecule has 1 saturated heterocycles. The first-order chi connectivity index (χ1) is 12.2. The van der Waals surface area contributed by atoms with Gasteiger partial charge >= 0.3 is 0 Å². The van der Waals surface area contributed by atoms with Gasteiger partial charge in [0.1, 0.15) is 6.10 Å². The summed E-state index contributed by atoms with van der Waals surface area (Å²) in [6, 6.07) is 7.29. The Morgan fingerprint density at radius 2 is 2.28 bits per heavy atom. The summed E-state index contributed by atoms with van der Waals surface area (Å²) in [7, 11) is 0. The van der Waals surface area contributed by atoms with Crippen LogP contribution < -0.4 is 0 Å². The number of benzene rings is 1. The summed E-state index contributed by atoms with van der Waals surface area (Å²) in [5.74, 6) is 0. The maximum Gasteiger partial charge on any atom is 0.113 e. The molecule has 1 aromatic carbocycles. The van der Waals surface area contributed by atoms with E-state index in [9.17, 15) is 5.11 Å². The predicted octanol–water partition coefficient (Wildman–Crippen LogP) is 3.10. The van der Waals surface area contributed by atoms with Crippen molar-refractivity contribution in [2.45, 2.75) is 44.9 Å². The fraction of sp³-hybridized carbons (Fsp3) is 0.450. The average molecular weight is 336 g/mol. The average Bonchev–Trinajstić information content (AvgIpc) is 3.33. The molecule has 2 N–H and O–H groups in total. The minimum absolute atomic E-state index is 0.554. The van der Waals surface area contributed by atoms with Crippen molar-refractivity contribution in [1.82, 2.24) is 19.4 Å². The van der Waals surface area contributed by atoms with E-state index in [2.05, 4.69) is 44.6 Å². The number of rotatable bonds is 3. The zero-order valence-electron chi connectivity index (χ0n) is 14.6. The third-order valence-electron chi connectivity index (χ3n) is 5.94. The van der Waals surface area contributed by atoms with Gasteiger partial charge in [-0.15, -0.1) is 0 Å². The van der Waals surface area contributed by atoms with Crippen LogP contribution in [-0.2, 0) is 13.0 Å². The van der Waals surface area contributed by atoms with Crippen LogP contribution in [0.1, 0.15) is 47.5 Å². The lowest BCUT2D eigenvalue weighted by Gasteiger charge is -2.31. The van der Waals surface area contributed by atoms with Gasteiger partial charge in [0.25, 0.3) is 0 Å². The lowest BCUT2D eigenvalue weighted by molar-refractivity contribution is 0.151. The quantitative estimate of drug-likeness (QED) is 0.773. The summed E-state index contributed by atoms with van der Waals surface area (Å²) in [6.07, 6.45) is 6.38. The summed E-state index contributed by atoms with van der Waals surface area (Å²) in [6.45, 7) is 5.09. The molecule has 2 aliphatic heterocycles. The van der Waals surface area contributed by atoms with Gasteiger partial charge in [-0.25, -0.2) is 4.98 Å². The molecular formula is C20H24N4O. The maximum atomic E-state index is 10.7. The fourth-order valence-corrected chi connectivity index (χ4v) is 4.79. The molecule has 2 aromatic heterocycles. The lowest BCUT2D eigenvalue weighted by Crippen LogP contribution is -2.31. The molecule has 1 fully saturated rings. The topological polar surface area (TPSA) is 57.1 Å². The van der Waals surface area contributed by atoms with Crippen LogP contribution >= 0.6 is 0 Å². The zero-order chi connectivity index (χ0) is 17.0. The Kier molecular flexibility index (Phi) is 3.47. The highest BCUT2D eigenvalue weighted by Gasteiger charge is 2.35. The van der Waals surface area contributed by atoms with E-state index in [1.807, 2.05) is 0 Å². The Balaban J connectivity index is 1.66. The van der Waals surface area contributed by atoms with Gasteiger partial charge in [-0.2, -0.15) is 0 Å². The number of nitrogens with zero attached hydrogens (tertiary/aromatic N) is 3. The third kappa shape index (κ3) is 2.34. The van der Waals surface area contributed by atoms with Crippen molar-refractivity contribution in [2.24, 2.45) is 0 Å². The molecule has 3 aromatic rings. The number of aromatic nitrogens is 3. The molecule has 25 heavy (non-hydrogen) atoms. The summed E-state index contributed by atoms with van der Waals surface area (Å²) in [5.41, 5.74) is 6.27. The molecule has 0 radical (unpaired) electrons. The van der Waals surface area contributed by atoms with Gasteiger partial charge in [0.05, 0.1) is 24.8 Å². The van der Waals surface area contributed by atoms with E-state index in [4.69, 9.17) is 0 Å². The number of fused-ring (bicyclic) bond motifs is 5. The molecule has 130 valence electrons. The van der Waals surface area contributed by atoms with Gasteiger partial charge < -0.3 is 14.7 Å². The first-order valence-corrected chi connectivity index (χ1v) is 9.24. The second-order valence-corrected chi connectivity index (χ2v) is 7.46. The highest BCUT2D eigenvalue weighted by Crippen LogP contribution is 2.43. The largest absolute Gasteiger partial charge is 0.385 e. The Labute approximate surface area is 147 Å².